The minimum Gasteiger partial charge on any atom is -0.394 e. The van der Waals surface area contributed by atoms with E-state index < -0.39 is 96.8 Å². The van der Waals surface area contributed by atoms with E-state index in [-0.39, 0.29) is 52.1 Å². The highest BCUT2D eigenvalue weighted by Crippen LogP contribution is 2.89. The van der Waals surface area contributed by atoms with Crippen molar-refractivity contribution >= 4 is 0 Å². The first-order valence-electron chi connectivity index (χ1n) is 20.9. The molecule has 316 valence electrons. The topological polar surface area (TPSA) is 228 Å². The molecule has 0 unspecified atom stereocenters. The second-order valence-corrected chi connectivity index (χ2v) is 21.1. The van der Waals surface area contributed by atoms with Crippen LogP contribution < -0.4 is 0 Å². The highest BCUT2D eigenvalue weighted by atomic mass is 16.7. The largest absolute Gasteiger partial charge is 0.394 e. The summed E-state index contributed by atoms with van der Waals surface area (Å²) < 4.78 is 31.9. The molecule has 5 saturated carbocycles. The minimum atomic E-state index is -1.60. The molecule has 8 rings (SSSR count). The van der Waals surface area contributed by atoms with Crippen LogP contribution in [0.15, 0.2) is 0 Å². The van der Waals surface area contributed by atoms with E-state index in [9.17, 15) is 46.0 Å². The highest BCUT2D eigenvalue weighted by Gasteiger charge is 2.85. The molecule has 14 nitrogen and oxygen atoms in total. The smallest absolute Gasteiger partial charge is 0.186 e. The third kappa shape index (κ3) is 5.70. The maximum Gasteiger partial charge on any atom is 0.186 e. The Labute approximate surface area is 324 Å². The molecular weight excluding hydrogens is 716 g/mol. The van der Waals surface area contributed by atoms with Gasteiger partial charge in [0, 0.05) is 5.92 Å². The normalized spacial score (nSPS) is 58.7. The molecular formula is C41H68O14. The number of rotatable bonds is 7. The fourth-order valence-corrected chi connectivity index (χ4v) is 14.9. The van der Waals surface area contributed by atoms with Gasteiger partial charge in [-0.05, 0) is 117 Å². The molecule has 3 heterocycles. The van der Waals surface area contributed by atoms with Crippen LogP contribution in [0.4, 0.5) is 0 Å². The second kappa shape index (κ2) is 13.2. The van der Waals surface area contributed by atoms with E-state index in [0.29, 0.717) is 25.7 Å². The molecule has 21 atom stereocenters. The van der Waals surface area contributed by atoms with Crippen LogP contribution in [0.3, 0.4) is 0 Å². The fraction of sp³-hybridized carbons (Fsp3) is 1.00. The molecule has 8 aliphatic rings. The number of hydrogen-bond acceptors (Lipinski definition) is 14. The van der Waals surface area contributed by atoms with Crippen LogP contribution in [0.25, 0.3) is 0 Å². The van der Waals surface area contributed by atoms with Crippen molar-refractivity contribution in [2.24, 2.45) is 44.8 Å². The summed E-state index contributed by atoms with van der Waals surface area (Å²) in [4.78, 5) is 0. The van der Waals surface area contributed by atoms with Crippen molar-refractivity contribution in [2.75, 3.05) is 13.2 Å². The molecule has 0 amide bonds. The predicted octanol–water partition coefficient (Wildman–Crippen LogP) is 0.724. The number of ether oxygens (including phenoxy) is 5. The molecule has 2 spiro atoms. The van der Waals surface area contributed by atoms with E-state index in [1.54, 1.807) is 13.8 Å². The van der Waals surface area contributed by atoms with Crippen molar-refractivity contribution in [1.82, 2.24) is 0 Å². The Bertz CT molecular complexity index is 1460. The van der Waals surface area contributed by atoms with Crippen LogP contribution in [0.5, 0.6) is 0 Å². The van der Waals surface area contributed by atoms with E-state index in [4.69, 9.17) is 23.7 Å². The van der Waals surface area contributed by atoms with Crippen molar-refractivity contribution in [3.05, 3.63) is 0 Å². The molecule has 8 fully saturated rings. The maximum absolute atomic E-state index is 12.2. The minimum absolute atomic E-state index is 0.0633. The third-order valence-corrected chi connectivity index (χ3v) is 17.6. The molecule has 55 heavy (non-hydrogen) atoms. The van der Waals surface area contributed by atoms with Gasteiger partial charge < -0.3 is 69.6 Å². The van der Waals surface area contributed by atoms with Crippen LogP contribution in [-0.4, -0.2) is 150 Å². The number of fused-ring (bicyclic) bond motifs is 2. The predicted molar refractivity (Wildman–Crippen MR) is 194 cm³/mol. The van der Waals surface area contributed by atoms with Gasteiger partial charge in [-0.2, -0.15) is 0 Å². The van der Waals surface area contributed by atoms with E-state index in [0.717, 1.165) is 32.1 Å². The van der Waals surface area contributed by atoms with E-state index in [2.05, 4.69) is 34.6 Å². The van der Waals surface area contributed by atoms with Gasteiger partial charge in [0.25, 0.3) is 0 Å². The van der Waals surface area contributed by atoms with Crippen LogP contribution in [0.1, 0.15) is 106 Å². The lowest BCUT2D eigenvalue weighted by Gasteiger charge is -2.65. The first-order valence-corrected chi connectivity index (χ1v) is 20.9. The summed E-state index contributed by atoms with van der Waals surface area (Å²) in [5, 5.41) is 97.2. The van der Waals surface area contributed by atoms with E-state index in [1.165, 1.54) is 0 Å². The van der Waals surface area contributed by atoms with Crippen LogP contribution >= 0.6 is 0 Å². The molecule has 3 aliphatic heterocycles. The molecule has 0 aromatic rings. The summed E-state index contributed by atoms with van der Waals surface area (Å²) in [5.74, 6) is -0.215. The summed E-state index contributed by atoms with van der Waals surface area (Å²) in [7, 11) is 0. The molecule has 0 bridgehead atoms. The fourth-order valence-electron chi connectivity index (χ4n) is 14.9. The first-order chi connectivity index (χ1) is 25.5. The highest BCUT2D eigenvalue weighted by molar-refractivity contribution is 5.33. The van der Waals surface area contributed by atoms with Gasteiger partial charge >= 0.3 is 0 Å². The second-order valence-electron chi connectivity index (χ2n) is 21.1. The Hall–Kier alpha value is -0.560. The lowest BCUT2D eigenvalue weighted by molar-refractivity contribution is -0.339. The molecule has 0 aromatic heterocycles. The van der Waals surface area contributed by atoms with Gasteiger partial charge in [0.05, 0.1) is 48.8 Å². The van der Waals surface area contributed by atoms with Crippen molar-refractivity contribution in [1.29, 1.82) is 0 Å². The van der Waals surface area contributed by atoms with E-state index >= 15 is 0 Å². The van der Waals surface area contributed by atoms with Gasteiger partial charge in [0.1, 0.15) is 42.7 Å². The summed E-state index contributed by atoms with van der Waals surface area (Å²) in [6.07, 6.45) is -7.48. The zero-order valence-electron chi connectivity index (χ0n) is 33.6. The molecule has 0 aromatic carbocycles. The van der Waals surface area contributed by atoms with Gasteiger partial charge in [-0.15, -0.1) is 0 Å². The Morgan fingerprint density at radius 3 is 2.05 bits per heavy atom. The van der Waals surface area contributed by atoms with Crippen molar-refractivity contribution < 1.29 is 69.6 Å². The average molecular weight is 785 g/mol. The summed E-state index contributed by atoms with van der Waals surface area (Å²) in [5.41, 5.74) is -3.16. The van der Waals surface area contributed by atoms with Crippen molar-refractivity contribution in [2.45, 2.75) is 197 Å². The van der Waals surface area contributed by atoms with Crippen LogP contribution in [-0.2, 0) is 23.7 Å². The first kappa shape index (κ1) is 41.2. The van der Waals surface area contributed by atoms with Crippen LogP contribution in [0.2, 0.25) is 0 Å². The molecule has 14 heteroatoms. The number of aliphatic hydroxyl groups is 9. The van der Waals surface area contributed by atoms with Gasteiger partial charge in [0.15, 0.2) is 12.6 Å². The van der Waals surface area contributed by atoms with Gasteiger partial charge in [-0.3, -0.25) is 0 Å². The number of aliphatic hydroxyl groups excluding tert-OH is 8. The van der Waals surface area contributed by atoms with Gasteiger partial charge in [-0.1, -0.05) is 27.7 Å². The monoisotopic (exact) mass is 784 g/mol. The quantitative estimate of drug-likeness (QED) is 0.162. The zero-order valence-corrected chi connectivity index (χ0v) is 33.6. The Morgan fingerprint density at radius 2 is 1.40 bits per heavy atom. The Kier molecular flexibility index (Phi) is 9.90. The lowest BCUT2D eigenvalue weighted by atomic mass is 9.41. The lowest BCUT2D eigenvalue weighted by Crippen LogP contribution is -2.65. The van der Waals surface area contributed by atoms with Crippen molar-refractivity contribution in [3.8, 4) is 0 Å². The molecule has 0 radical (unpaired) electrons. The van der Waals surface area contributed by atoms with Gasteiger partial charge in [-0.25, -0.2) is 0 Å². The maximum atomic E-state index is 12.2. The number of hydrogen-bond donors (Lipinski definition) is 9. The summed E-state index contributed by atoms with van der Waals surface area (Å²) in [6.45, 7) is 13.8. The Balaban J connectivity index is 1.15. The van der Waals surface area contributed by atoms with E-state index in [1.807, 2.05) is 0 Å². The van der Waals surface area contributed by atoms with Gasteiger partial charge in [0.2, 0.25) is 0 Å². The SMILES string of the molecule is CC(C)(O)[C@@H]1CC[C@@](C)([C@H]2[C@@H](O)C[C@@]3(C)[C@H]4C[C@H](O[C@H]5O[C@@H](CO)[C@H](O)[C@H](O)[C@@H]5O)[C@@H]5C(C)(C)[C@H](O[C@@H]6OC[C@@H](O)[C@@H](O)[C@@H]6O)CC[C@@]56C[C@@]46CC[C@]23C)O1. The average Bonchev–Trinajstić information content (AvgIpc) is 3.47. The molecule has 9 N–H and O–H groups in total. The standard InChI is InChI=1S/C41H68O14/c1-35(2)24(54-33-29(48)26(45)20(44)17-51-33)9-11-41-18-40(41)13-12-37(5)31(39(7)10-8-25(55-39)36(3,4)50)19(43)15-38(37,6)23(40)14-21(32(35)41)52-34-30(49)28(47)27(46)22(16-42)53-34/h19-34,42-50H,8-18H2,1-7H3/t19-,20+,21-,22-,23+,24+,25-,26+,27-,28-,29-,30-,31-,32+,33-,34-,37+,38-,39-,40-,41+/m0/s1. The Morgan fingerprint density at radius 1 is 0.709 bits per heavy atom. The van der Waals surface area contributed by atoms with Crippen molar-refractivity contribution in [3.63, 3.8) is 0 Å². The summed E-state index contributed by atoms with van der Waals surface area (Å²) >= 11 is 0. The molecule has 3 saturated heterocycles. The molecule has 5 aliphatic carbocycles. The third-order valence-electron chi connectivity index (χ3n) is 17.6. The zero-order chi connectivity index (χ0) is 40.1. The summed E-state index contributed by atoms with van der Waals surface area (Å²) in [6, 6.07) is 0. The van der Waals surface area contributed by atoms with Crippen LogP contribution in [0, 0.1) is 44.8 Å².